The zero-order valence-corrected chi connectivity index (χ0v) is 14.9. The van der Waals surface area contributed by atoms with E-state index in [1.54, 1.807) is 18.2 Å². The van der Waals surface area contributed by atoms with Crippen LogP contribution in [0, 0.1) is 0 Å². The number of anilines is 2. The monoisotopic (exact) mass is 363 g/mol. The fourth-order valence-corrected chi connectivity index (χ4v) is 3.09. The maximum Gasteiger partial charge on any atom is 0.307 e. The number of para-hydroxylation sites is 2. The van der Waals surface area contributed by atoms with Crippen LogP contribution >= 0.6 is 23.2 Å². The zero-order valence-electron chi connectivity index (χ0n) is 13.4. The van der Waals surface area contributed by atoms with Gasteiger partial charge in [0, 0.05) is 12.2 Å². The van der Waals surface area contributed by atoms with Crippen molar-refractivity contribution in [2.24, 2.45) is 0 Å². The Bertz CT molecular complexity index is 724. The molecule has 24 heavy (non-hydrogen) atoms. The first-order chi connectivity index (χ1) is 11.5. The molecule has 126 valence electrons. The van der Waals surface area contributed by atoms with Crippen molar-refractivity contribution >= 4 is 40.5 Å². The first-order valence-corrected chi connectivity index (χ1v) is 8.46. The minimum atomic E-state index is -0.878. The molecule has 2 aromatic carbocycles. The fraction of sp³-hybridized carbons (Fsp3) is 0.211. The number of carboxylic acids is 1. The molecule has 2 rings (SSSR count). The second-order valence-corrected chi connectivity index (χ2v) is 6.07. The lowest BCUT2D eigenvalue weighted by atomic mass is 10.1. The van der Waals surface area contributed by atoms with Gasteiger partial charge >= 0.3 is 5.97 Å². The number of nitrogens with zero attached hydrogens (tertiary/aromatic N) is 1. The van der Waals surface area contributed by atoms with E-state index in [1.807, 2.05) is 35.2 Å². The highest BCUT2D eigenvalue weighted by Gasteiger charge is 2.18. The van der Waals surface area contributed by atoms with Crippen LogP contribution in [0.3, 0.4) is 0 Å². The first kappa shape index (κ1) is 18.4. The molecule has 0 saturated carbocycles. The maximum absolute atomic E-state index is 11.2. The predicted molar refractivity (Wildman–Crippen MR) is 101 cm³/mol. The molecule has 0 aromatic heterocycles. The Hall–Kier alpha value is -1.97. The molecule has 0 spiro atoms. The Kier molecular flexibility index (Phi) is 6.71. The summed E-state index contributed by atoms with van der Waals surface area (Å²) in [5, 5.41) is 10.2. The van der Waals surface area contributed by atoms with Gasteiger partial charge in [-0.15, -0.1) is 0 Å². The van der Waals surface area contributed by atoms with Crippen LogP contribution in [0.15, 0.2) is 54.6 Å². The summed E-state index contributed by atoms with van der Waals surface area (Å²) in [4.78, 5) is 13.1. The number of rotatable bonds is 7. The van der Waals surface area contributed by atoms with E-state index >= 15 is 0 Å². The number of aliphatic carboxylic acids is 1. The molecule has 0 saturated heterocycles. The van der Waals surface area contributed by atoms with Crippen molar-refractivity contribution in [1.29, 1.82) is 0 Å². The second kappa shape index (κ2) is 8.76. The molecule has 0 fully saturated rings. The molecule has 5 heteroatoms. The highest BCUT2D eigenvalue weighted by atomic mass is 35.5. The third-order valence-corrected chi connectivity index (χ3v) is 4.13. The van der Waals surface area contributed by atoms with Crippen molar-refractivity contribution in [2.75, 3.05) is 11.4 Å². The van der Waals surface area contributed by atoms with Crippen molar-refractivity contribution in [3.63, 3.8) is 0 Å². The summed E-state index contributed by atoms with van der Waals surface area (Å²) in [6, 6.07) is 12.7. The van der Waals surface area contributed by atoms with E-state index in [1.165, 1.54) is 0 Å². The summed E-state index contributed by atoms with van der Waals surface area (Å²) in [5.74, 6) is -0.878. The van der Waals surface area contributed by atoms with Gasteiger partial charge in [-0.05, 0) is 30.2 Å². The molecule has 0 radical (unpaired) electrons. The average molecular weight is 364 g/mol. The number of hydrogen-bond acceptors (Lipinski definition) is 2. The summed E-state index contributed by atoms with van der Waals surface area (Å²) in [6.45, 7) is 2.61. The lowest BCUT2D eigenvalue weighted by molar-refractivity contribution is -0.136. The smallest absolute Gasteiger partial charge is 0.307 e. The molecular formula is C19H19Cl2NO2. The molecule has 0 aliphatic carbocycles. The third-order valence-electron chi connectivity index (χ3n) is 3.52. The van der Waals surface area contributed by atoms with Crippen molar-refractivity contribution in [3.8, 4) is 0 Å². The van der Waals surface area contributed by atoms with E-state index in [2.05, 4.69) is 13.0 Å². The zero-order chi connectivity index (χ0) is 17.5. The van der Waals surface area contributed by atoms with Gasteiger partial charge in [-0.25, -0.2) is 0 Å². The lowest BCUT2D eigenvalue weighted by Crippen LogP contribution is -2.20. The second-order valence-electron chi connectivity index (χ2n) is 5.26. The van der Waals surface area contributed by atoms with Crippen LogP contribution in [0.25, 0.3) is 0 Å². The molecular weight excluding hydrogens is 345 g/mol. The highest BCUT2D eigenvalue weighted by molar-refractivity contribution is 6.39. The van der Waals surface area contributed by atoms with Crippen molar-refractivity contribution in [2.45, 2.75) is 19.8 Å². The molecule has 0 bridgehead atoms. The Morgan fingerprint density at radius 1 is 1.08 bits per heavy atom. The molecule has 2 aromatic rings. The van der Waals surface area contributed by atoms with Crippen LogP contribution in [0.1, 0.15) is 18.9 Å². The summed E-state index contributed by atoms with van der Waals surface area (Å²) in [6.07, 6.45) is 4.93. The first-order valence-electron chi connectivity index (χ1n) is 7.70. The van der Waals surface area contributed by atoms with Crippen LogP contribution < -0.4 is 4.90 Å². The molecule has 0 aliphatic heterocycles. The minimum Gasteiger partial charge on any atom is -0.481 e. The van der Waals surface area contributed by atoms with Crippen molar-refractivity contribution in [1.82, 2.24) is 0 Å². The van der Waals surface area contributed by atoms with E-state index in [4.69, 9.17) is 23.2 Å². The number of halogens is 2. The van der Waals surface area contributed by atoms with Gasteiger partial charge in [-0.3, -0.25) is 4.79 Å². The lowest BCUT2D eigenvalue weighted by Gasteiger charge is -2.27. The quantitative estimate of drug-likeness (QED) is 0.639. The summed E-state index contributed by atoms with van der Waals surface area (Å²) < 4.78 is 0. The van der Waals surface area contributed by atoms with Crippen molar-refractivity contribution < 1.29 is 9.90 Å². The number of allylic oxidation sites excluding steroid dienone is 1. The van der Waals surface area contributed by atoms with Crippen molar-refractivity contribution in [3.05, 3.63) is 70.2 Å². The molecule has 0 heterocycles. The summed E-state index contributed by atoms with van der Waals surface area (Å²) in [5.41, 5.74) is 2.18. The average Bonchev–Trinajstić information content (AvgIpc) is 2.53. The topological polar surface area (TPSA) is 40.5 Å². The Labute approximate surface area is 152 Å². The van der Waals surface area contributed by atoms with Gasteiger partial charge in [0.15, 0.2) is 0 Å². The van der Waals surface area contributed by atoms with Gasteiger partial charge in [-0.1, -0.05) is 66.5 Å². The largest absolute Gasteiger partial charge is 0.481 e. The molecule has 1 N–H and O–H groups in total. The predicted octanol–water partition coefficient (Wildman–Crippen LogP) is 5.72. The number of benzene rings is 2. The molecule has 0 atom stereocenters. The molecule has 3 nitrogen and oxygen atoms in total. The fourth-order valence-electron chi connectivity index (χ4n) is 2.49. The summed E-state index contributed by atoms with van der Waals surface area (Å²) in [7, 11) is 0. The van der Waals surface area contributed by atoms with Gasteiger partial charge in [0.2, 0.25) is 0 Å². The van der Waals surface area contributed by atoms with Gasteiger partial charge in [0.1, 0.15) is 0 Å². The van der Waals surface area contributed by atoms with Crippen LogP contribution in [0.4, 0.5) is 11.4 Å². The van der Waals surface area contributed by atoms with Gasteiger partial charge in [0.25, 0.3) is 0 Å². The molecule has 0 amide bonds. The van der Waals surface area contributed by atoms with Crippen LogP contribution in [-0.2, 0) is 11.2 Å². The SMILES string of the molecule is CC/C=C/CN(c1ccccc1CC(=O)O)c1c(Cl)cccc1Cl. The number of carbonyl (C=O) groups is 1. The third kappa shape index (κ3) is 4.53. The number of hydrogen-bond donors (Lipinski definition) is 1. The minimum absolute atomic E-state index is 0.0633. The van der Waals surface area contributed by atoms with E-state index < -0.39 is 5.97 Å². The van der Waals surface area contributed by atoms with E-state index in [9.17, 15) is 9.90 Å². The van der Waals surface area contributed by atoms with E-state index in [-0.39, 0.29) is 6.42 Å². The Morgan fingerprint density at radius 3 is 2.38 bits per heavy atom. The van der Waals surface area contributed by atoms with Gasteiger partial charge in [0.05, 0.1) is 22.2 Å². The van der Waals surface area contributed by atoms with Gasteiger partial charge < -0.3 is 10.0 Å². The highest BCUT2D eigenvalue weighted by Crippen LogP contribution is 2.39. The maximum atomic E-state index is 11.2. The normalized spacial score (nSPS) is 11.0. The van der Waals surface area contributed by atoms with Crippen LogP contribution in [0.2, 0.25) is 10.0 Å². The van der Waals surface area contributed by atoms with E-state index in [0.717, 1.165) is 12.1 Å². The standard InChI is InChI=1S/C19H19Cl2NO2/c1-2-3-6-12-22(19-15(20)9-7-10-16(19)21)17-11-5-4-8-14(17)13-18(23)24/h3-11H,2,12-13H2,1H3,(H,23,24)/b6-3+. The number of carboxylic acid groups (broad SMARTS) is 1. The molecule has 0 aliphatic rings. The Morgan fingerprint density at radius 2 is 1.75 bits per heavy atom. The molecule has 0 unspecified atom stereocenters. The van der Waals surface area contributed by atoms with Gasteiger partial charge in [-0.2, -0.15) is 0 Å². The summed E-state index contributed by atoms with van der Waals surface area (Å²) >= 11 is 12.8. The van der Waals surface area contributed by atoms with Crippen LogP contribution in [-0.4, -0.2) is 17.6 Å². The Balaban J connectivity index is 2.55. The van der Waals surface area contributed by atoms with Crippen LogP contribution in [0.5, 0.6) is 0 Å². The van der Waals surface area contributed by atoms with E-state index in [0.29, 0.717) is 27.8 Å².